The van der Waals surface area contributed by atoms with Crippen LogP contribution in [0.25, 0.3) is 11.0 Å². The van der Waals surface area contributed by atoms with Gasteiger partial charge in [-0.2, -0.15) is 0 Å². The topological polar surface area (TPSA) is 60.7 Å². The van der Waals surface area contributed by atoms with Crippen LogP contribution in [0.1, 0.15) is 5.56 Å². The molecule has 0 fully saturated rings. The first-order valence-electron chi connectivity index (χ1n) is 6.02. The van der Waals surface area contributed by atoms with E-state index in [0.29, 0.717) is 12.1 Å². The zero-order valence-electron chi connectivity index (χ0n) is 10.3. The quantitative estimate of drug-likeness (QED) is 0.687. The molecular weight excluding hydrogens is 325 g/mol. The largest absolute Gasteiger partial charge is 0.381 e. The summed E-state index contributed by atoms with van der Waals surface area (Å²) in [5, 5.41) is 3.13. The first kappa shape index (κ1) is 12.9. The molecule has 0 aliphatic carbocycles. The molecule has 20 heavy (non-hydrogen) atoms. The van der Waals surface area contributed by atoms with Crippen LogP contribution < -0.4 is 11.0 Å². The molecule has 6 heteroatoms. The van der Waals surface area contributed by atoms with Crippen molar-refractivity contribution in [2.45, 2.75) is 6.54 Å². The smallest absolute Gasteiger partial charge is 0.323 e. The highest BCUT2D eigenvalue weighted by Gasteiger charge is 2.04. The highest BCUT2D eigenvalue weighted by molar-refractivity contribution is 9.10. The number of rotatable bonds is 3. The molecule has 2 aromatic carbocycles. The van der Waals surface area contributed by atoms with Gasteiger partial charge in [-0.25, -0.2) is 9.18 Å². The SMILES string of the molecule is O=c1[nH]c2ccc(NCc3cc(Br)ccc3F)cc2[nH]1. The van der Waals surface area contributed by atoms with Gasteiger partial charge >= 0.3 is 5.69 Å². The van der Waals surface area contributed by atoms with E-state index < -0.39 is 0 Å². The lowest BCUT2D eigenvalue weighted by molar-refractivity contribution is 0.612. The summed E-state index contributed by atoms with van der Waals surface area (Å²) >= 11 is 3.32. The number of imidazole rings is 1. The van der Waals surface area contributed by atoms with E-state index in [-0.39, 0.29) is 11.5 Å². The summed E-state index contributed by atoms with van der Waals surface area (Å²) in [4.78, 5) is 16.5. The molecule has 102 valence electrons. The summed E-state index contributed by atoms with van der Waals surface area (Å²) in [6.45, 7) is 0.367. The molecule has 0 saturated heterocycles. The third-order valence-corrected chi connectivity index (χ3v) is 3.50. The van der Waals surface area contributed by atoms with Gasteiger partial charge in [0.05, 0.1) is 11.0 Å². The predicted molar refractivity (Wildman–Crippen MR) is 80.3 cm³/mol. The highest BCUT2D eigenvalue weighted by Crippen LogP contribution is 2.19. The minimum atomic E-state index is -0.253. The zero-order chi connectivity index (χ0) is 14.1. The number of hydrogen-bond donors (Lipinski definition) is 3. The van der Waals surface area contributed by atoms with Gasteiger partial charge in [-0.3, -0.25) is 0 Å². The second-order valence-electron chi connectivity index (χ2n) is 4.43. The van der Waals surface area contributed by atoms with Gasteiger partial charge in [0.2, 0.25) is 0 Å². The van der Waals surface area contributed by atoms with Gasteiger partial charge in [0.15, 0.2) is 0 Å². The average Bonchev–Trinajstić information content (AvgIpc) is 2.79. The van der Waals surface area contributed by atoms with E-state index in [4.69, 9.17) is 0 Å². The minimum Gasteiger partial charge on any atom is -0.381 e. The van der Waals surface area contributed by atoms with Gasteiger partial charge < -0.3 is 15.3 Å². The zero-order valence-corrected chi connectivity index (χ0v) is 11.9. The van der Waals surface area contributed by atoms with Gasteiger partial charge in [-0.15, -0.1) is 0 Å². The first-order valence-corrected chi connectivity index (χ1v) is 6.81. The van der Waals surface area contributed by atoms with Gasteiger partial charge in [0.25, 0.3) is 0 Å². The van der Waals surface area contributed by atoms with Crippen LogP contribution in [0.15, 0.2) is 45.7 Å². The number of nitrogens with one attached hydrogen (secondary N) is 3. The molecule has 0 atom stereocenters. The van der Waals surface area contributed by atoms with E-state index in [1.165, 1.54) is 6.07 Å². The van der Waals surface area contributed by atoms with Crippen LogP contribution in [0.5, 0.6) is 0 Å². The van der Waals surface area contributed by atoms with Crippen LogP contribution in [0.3, 0.4) is 0 Å². The van der Waals surface area contributed by atoms with Crippen molar-refractivity contribution in [1.82, 2.24) is 9.97 Å². The lowest BCUT2D eigenvalue weighted by Gasteiger charge is -2.08. The Morgan fingerprint density at radius 2 is 1.90 bits per heavy atom. The second kappa shape index (κ2) is 5.13. The van der Waals surface area contributed by atoms with Gasteiger partial charge in [0.1, 0.15) is 5.82 Å². The van der Waals surface area contributed by atoms with Crippen molar-refractivity contribution in [1.29, 1.82) is 0 Å². The van der Waals surface area contributed by atoms with E-state index in [0.717, 1.165) is 21.2 Å². The minimum absolute atomic E-state index is 0.241. The first-order chi connectivity index (χ1) is 9.61. The summed E-state index contributed by atoms with van der Waals surface area (Å²) < 4.78 is 14.4. The Hall–Kier alpha value is -2.08. The third kappa shape index (κ3) is 2.60. The highest BCUT2D eigenvalue weighted by atomic mass is 79.9. The van der Waals surface area contributed by atoms with E-state index in [1.54, 1.807) is 18.2 Å². The number of benzene rings is 2. The van der Waals surface area contributed by atoms with Crippen LogP contribution in [0, 0.1) is 5.82 Å². The van der Waals surface area contributed by atoms with Crippen molar-refractivity contribution in [3.8, 4) is 0 Å². The Morgan fingerprint density at radius 1 is 1.10 bits per heavy atom. The molecule has 4 nitrogen and oxygen atoms in total. The Balaban J connectivity index is 1.82. The number of fused-ring (bicyclic) bond motifs is 1. The van der Waals surface area contributed by atoms with Gasteiger partial charge in [-0.05, 0) is 36.4 Å². The third-order valence-electron chi connectivity index (χ3n) is 3.01. The number of H-pyrrole nitrogens is 2. The Bertz CT molecular complexity index is 825. The summed E-state index contributed by atoms with van der Waals surface area (Å²) in [6.07, 6.45) is 0. The van der Waals surface area contributed by atoms with E-state index >= 15 is 0 Å². The van der Waals surface area contributed by atoms with E-state index in [2.05, 4.69) is 31.2 Å². The lowest BCUT2D eigenvalue weighted by Crippen LogP contribution is -2.01. The molecule has 0 radical (unpaired) electrons. The molecule has 1 heterocycles. The molecule has 0 bridgehead atoms. The molecule has 0 aliphatic heterocycles. The van der Waals surface area contributed by atoms with Crippen LogP contribution in [0.4, 0.5) is 10.1 Å². The number of halogens is 2. The van der Waals surface area contributed by atoms with Crippen LogP contribution >= 0.6 is 15.9 Å². The molecule has 0 amide bonds. The van der Waals surface area contributed by atoms with Gasteiger partial charge in [0, 0.05) is 22.3 Å². The summed E-state index contributed by atoms with van der Waals surface area (Å²) in [7, 11) is 0. The molecule has 0 aliphatic rings. The second-order valence-corrected chi connectivity index (χ2v) is 5.34. The Labute approximate surface area is 122 Å². The van der Waals surface area contributed by atoms with Crippen molar-refractivity contribution >= 4 is 32.7 Å². The summed E-state index contributed by atoms with van der Waals surface area (Å²) in [5.41, 5.74) is 2.60. The molecule has 3 N–H and O–H groups in total. The van der Waals surface area contributed by atoms with Crippen molar-refractivity contribution in [2.75, 3.05) is 5.32 Å². The van der Waals surface area contributed by atoms with Crippen LogP contribution in [0.2, 0.25) is 0 Å². The molecule has 0 unspecified atom stereocenters. The van der Waals surface area contributed by atoms with Crippen molar-refractivity contribution < 1.29 is 4.39 Å². The van der Waals surface area contributed by atoms with Crippen molar-refractivity contribution in [3.63, 3.8) is 0 Å². The fourth-order valence-corrected chi connectivity index (χ4v) is 2.43. The predicted octanol–water partition coefficient (Wildman–Crippen LogP) is 3.37. The number of aromatic nitrogens is 2. The lowest BCUT2D eigenvalue weighted by atomic mass is 10.2. The van der Waals surface area contributed by atoms with E-state index in [1.807, 2.05) is 12.1 Å². The fraction of sp³-hybridized carbons (Fsp3) is 0.0714. The maximum Gasteiger partial charge on any atom is 0.323 e. The Morgan fingerprint density at radius 3 is 2.75 bits per heavy atom. The molecule has 0 saturated carbocycles. The van der Waals surface area contributed by atoms with Gasteiger partial charge in [-0.1, -0.05) is 15.9 Å². The molecule has 1 aromatic heterocycles. The summed E-state index contributed by atoms with van der Waals surface area (Å²) in [5.74, 6) is -0.253. The fourth-order valence-electron chi connectivity index (χ4n) is 2.02. The average molecular weight is 336 g/mol. The van der Waals surface area contributed by atoms with Crippen molar-refractivity contribution in [3.05, 3.63) is 62.7 Å². The van der Waals surface area contributed by atoms with Crippen LogP contribution in [-0.2, 0) is 6.54 Å². The maximum atomic E-state index is 13.6. The maximum absolute atomic E-state index is 13.6. The molecule has 3 aromatic rings. The molecule has 0 spiro atoms. The normalized spacial score (nSPS) is 10.9. The van der Waals surface area contributed by atoms with Crippen molar-refractivity contribution in [2.24, 2.45) is 0 Å². The molecular formula is C14H11BrFN3O. The summed E-state index contributed by atoms with van der Waals surface area (Å²) in [6, 6.07) is 10.3. The number of aromatic amines is 2. The van der Waals surface area contributed by atoms with E-state index in [9.17, 15) is 9.18 Å². The molecule has 3 rings (SSSR count). The standard InChI is InChI=1S/C14H11BrFN3O/c15-9-1-3-11(16)8(5-9)7-17-10-2-4-12-13(6-10)19-14(20)18-12/h1-6,17H,7H2,(H2,18,19,20). The number of anilines is 1. The van der Waals surface area contributed by atoms with Crippen LogP contribution in [-0.4, -0.2) is 9.97 Å². The Kier molecular flexibility index (Phi) is 3.31. The number of hydrogen-bond acceptors (Lipinski definition) is 2. The monoisotopic (exact) mass is 335 g/mol.